The minimum atomic E-state index is -1.08. The number of ether oxygens (including phenoxy) is 2. The molecular weight excluding hydrogens is 394 g/mol. The Balaban J connectivity index is 1.62. The highest BCUT2D eigenvalue weighted by Crippen LogP contribution is 2.32. The van der Waals surface area contributed by atoms with Gasteiger partial charge in [0.15, 0.2) is 23.2 Å². The number of carbonyl (C=O) groups excluding carboxylic acids is 1. The molecule has 0 saturated heterocycles. The van der Waals surface area contributed by atoms with E-state index >= 15 is 0 Å². The highest BCUT2D eigenvalue weighted by molar-refractivity contribution is 5.88. The predicted molar refractivity (Wildman–Crippen MR) is 116 cm³/mol. The lowest BCUT2D eigenvalue weighted by Crippen LogP contribution is -2.32. The van der Waals surface area contributed by atoms with Crippen LogP contribution in [0.3, 0.4) is 0 Å². The van der Waals surface area contributed by atoms with E-state index in [0.29, 0.717) is 41.6 Å². The van der Waals surface area contributed by atoms with E-state index in [1.807, 2.05) is 55.1 Å². The number of anilines is 1. The predicted octanol–water partition coefficient (Wildman–Crippen LogP) is 3.13. The topological polar surface area (TPSA) is 100 Å². The van der Waals surface area contributed by atoms with Crippen molar-refractivity contribution in [1.82, 2.24) is 15.3 Å². The van der Waals surface area contributed by atoms with Crippen LogP contribution in [-0.4, -0.2) is 35.8 Å². The Morgan fingerprint density at radius 3 is 2.55 bits per heavy atom. The van der Waals surface area contributed by atoms with Crippen molar-refractivity contribution in [3.63, 3.8) is 0 Å². The van der Waals surface area contributed by atoms with Crippen LogP contribution < -0.4 is 19.7 Å². The quantitative estimate of drug-likeness (QED) is 0.630. The summed E-state index contributed by atoms with van der Waals surface area (Å²) in [4.78, 5) is 24.4. The molecular formula is C23H23N5O3. The van der Waals surface area contributed by atoms with Gasteiger partial charge in [0.25, 0.3) is 0 Å². The highest BCUT2D eigenvalue weighted by atomic mass is 16.7. The molecule has 0 radical (unpaired) electrons. The first-order chi connectivity index (χ1) is 15.1. The van der Waals surface area contributed by atoms with Crippen LogP contribution >= 0.6 is 0 Å². The maximum atomic E-state index is 13.0. The summed E-state index contributed by atoms with van der Waals surface area (Å²) >= 11 is 0. The van der Waals surface area contributed by atoms with E-state index in [4.69, 9.17) is 14.5 Å². The number of rotatable bonds is 7. The third-order valence-electron chi connectivity index (χ3n) is 5.21. The molecule has 1 atom stereocenters. The molecule has 1 aliphatic heterocycles. The summed E-state index contributed by atoms with van der Waals surface area (Å²) in [6.45, 7) is 5.84. The van der Waals surface area contributed by atoms with Crippen LogP contribution in [0.4, 0.5) is 5.82 Å². The van der Waals surface area contributed by atoms with Crippen molar-refractivity contribution >= 4 is 22.8 Å². The molecule has 2 heterocycles. The molecule has 8 heteroatoms. The van der Waals surface area contributed by atoms with Gasteiger partial charge < -0.3 is 19.7 Å². The van der Waals surface area contributed by atoms with E-state index in [1.54, 1.807) is 6.07 Å². The number of para-hydroxylation sites is 2. The molecule has 4 rings (SSSR count). The number of nitrogens with one attached hydrogen (secondary N) is 1. The summed E-state index contributed by atoms with van der Waals surface area (Å²) in [7, 11) is 0. The van der Waals surface area contributed by atoms with Crippen LogP contribution in [-0.2, 0) is 11.3 Å². The first-order valence-corrected chi connectivity index (χ1v) is 10.2. The van der Waals surface area contributed by atoms with Gasteiger partial charge in [0.05, 0.1) is 17.1 Å². The van der Waals surface area contributed by atoms with Gasteiger partial charge in [-0.2, -0.15) is 5.26 Å². The minimum absolute atomic E-state index is 0.191. The minimum Gasteiger partial charge on any atom is -0.454 e. The molecule has 2 aromatic carbocycles. The monoisotopic (exact) mass is 417 g/mol. The molecule has 0 saturated carbocycles. The van der Waals surface area contributed by atoms with E-state index in [9.17, 15) is 10.1 Å². The number of aromatic nitrogens is 2. The van der Waals surface area contributed by atoms with Crippen LogP contribution in [0, 0.1) is 11.3 Å². The van der Waals surface area contributed by atoms with Gasteiger partial charge in [-0.15, -0.1) is 0 Å². The molecule has 0 fully saturated rings. The second-order valence-electron chi connectivity index (χ2n) is 7.06. The fourth-order valence-corrected chi connectivity index (χ4v) is 3.54. The number of hydrogen-bond donors (Lipinski definition) is 1. The molecule has 0 unspecified atom stereocenters. The van der Waals surface area contributed by atoms with Crippen molar-refractivity contribution in [2.24, 2.45) is 0 Å². The Morgan fingerprint density at radius 1 is 1.13 bits per heavy atom. The largest absolute Gasteiger partial charge is 0.454 e. The summed E-state index contributed by atoms with van der Waals surface area (Å²) < 4.78 is 10.7. The van der Waals surface area contributed by atoms with E-state index < -0.39 is 11.8 Å². The molecule has 158 valence electrons. The third kappa shape index (κ3) is 4.08. The van der Waals surface area contributed by atoms with Crippen LogP contribution in [0.5, 0.6) is 11.5 Å². The number of amides is 1. The fraction of sp³-hybridized carbons (Fsp3) is 0.304. The Bertz CT molecular complexity index is 1150. The van der Waals surface area contributed by atoms with Crippen molar-refractivity contribution in [2.75, 3.05) is 24.8 Å². The molecule has 0 aliphatic carbocycles. The van der Waals surface area contributed by atoms with Gasteiger partial charge >= 0.3 is 0 Å². The van der Waals surface area contributed by atoms with Gasteiger partial charge in [-0.3, -0.25) is 4.79 Å². The lowest BCUT2D eigenvalue weighted by Gasteiger charge is -2.24. The molecule has 0 bridgehead atoms. The van der Waals surface area contributed by atoms with Crippen LogP contribution in [0.25, 0.3) is 11.0 Å². The third-order valence-corrected chi connectivity index (χ3v) is 5.21. The van der Waals surface area contributed by atoms with E-state index in [-0.39, 0.29) is 13.3 Å². The molecule has 8 nitrogen and oxygen atoms in total. The molecule has 1 amide bonds. The zero-order valence-corrected chi connectivity index (χ0v) is 17.5. The average molecular weight is 417 g/mol. The highest BCUT2D eigenvalue weighted by Gasteiger charge is 2.28. The number of fused-ring (bicyclic) bond motifs is 2. The second kappa shape index (κ2) is 8.88. The summed E-state index contributed by atoms with van der Waals surface area (Å²) in [5, 5.41) is 12.7. The van der Waals surface area contributed by atoms with Crippen molar-refractivity contribution in [2.45, 2.75) is 26.3 Å². The summed E-state index contributed by atoms with van der Waals surface area (Å²) in [5.41, 5.74) is 2.60. The molecule has 1 aliphatic rings. The number of carbonyl (C=O) groups is 1. The number of hydrogen-bond acceptors (Lipinski definition) is 7. The zero-order chi connectivity index (χ0) is 21.8. The fourth-order valence-electron chi connectivity index (χ4n) is 3.54. The van der Waals surface area contributed by atoms with Gasteiger partial charge in [-0.05, 0) is 43.7 Å². The number of nitrogens with zero attached hydrogens (tertiary/aromatic N) is 4. The normalized spacial score (nSPS) is 12.9. The van der Waals surface area contributed by atoms with Crippen molar-refractivity contribution in [1.29, 1.82) is 5.26 Å². The first-order valence-electron chi connectivity index (χ1n) is 10.2. The van der Waals surface area contributed by atoms with Gasteiger partial charge in [0.2, 0.25) is 12.7 Å². The van der Waals surface area contributed by atoms with Gasteiger partial charge in [0.1, 0.15) is 5.69 Å². The molecule has 31 heavy (non-hydrogen) atoms. The average Bonchev–Trinajstić information content (AvgIpc) is 3.27. The van der Waals surface area contributed by atoms with Crippen LogP contribution in [0.2, 0.25) is 0 Å². The van der Waals surface area contributed by atoms with Gasteiger partial charge in [-0.1, -0.05) is 18.2 Å². The van der Waals surface area contributed by atoms with Crippen LogP contribution in [0.1, 0.15) is 31.0 Å². The molecule has 0 spiro atoms. The smallest absolute Gasteiger partial charge is 0.243 e. The summed E-state index contributed by atoms with van der Waals surface area (Å²) in [5.74, 6) is 0.390. The van der Waals surface area contributed by atoms with Gasteiger partial charge in [-0.25, -0.2) is 9.97 Å². The Hall–Kier alpha value is -3.86. The SMILES string of the molecule is CCN(CC)c1nc2ccccc2nc1[C@@H](C#N)C(=O)NCc1ccc2c(c1)OCO2. The maximum Gasteiger partial charge on any atom is 0.243 e. The Morgan fingerprint density at radius 2 is 1.84 bits per heavy atom. The Kier molecular flexibility index (Phi) is 5.85. The summed E-state index contributed by atoms with van der Waals surface area (Å²) in [6.07, 6.45) is 0. The van der Waals surface area contributed by atoms with Crippen molar-refractivity contribution in [3.8, 4) is 17.6 Å². The number of benzene rings is 2. The van der Waals surface area contributed by atoms with Crippen molar-refractivity contribution in [3.05, 3.63) is 53.7 Å². The lowest BCUT2D eigenvalue weighted by atomic mass is 10.0. The van der Waals surface area contributed by atoms with Gasteiger partial charge in [0, 0.05) is 19.6 Å². The maximum absolute atomic E-state index is 13.0. The lowest BCUT2D eigenvalue weighted by molar-refractivity contribution is -0.121. The zero-order valence-electron chi connectivity index (χ0n) is 17.5. The number of nitriles is 1. The van der Waals surface area contributed by atoms with E-state index in [1.165, 1.54) is 0 Å². The van der Waals surface area contributed by atoms with E-state index in [2.05, 4.69) is 16.4 Å². The second-order valence-corrected chi connectivity index (χ2v) is 7.06. The molecule has 1 N–H and O–H groups in total. The summed E-state index contributed by atoms with van der Waals surface area (Å²) in [6, 6.07) is 15.1. The molecule has 3 aromatic rings. The standard InChI is InChI=1S/C23H23N5O3/c1-3-28(4-2)22-21(26-17-7-5-6-8-18(17)27-22)16(12-24)23(29)25-13-15-9-10-19-20(11-15)31-14-30-19/h5-11,16H,3-4,13-14H2,1-2H3,(H,25,29)/t16-/m1/s1. The van der Waals surface area contributed by atoms with Crippen molar-refractivity contribution < 1.29 is 14.3 Å². The first kappa shape index (κ1) is 20.4. The van der Waals surface area contributed by atoms with E-state index in [0.717, 1.165) is 11.1 Å². The van der Waals surface area contributed by atoms with Crippen LogP contribution in [0.15, 0.2) is 42.5 Å². The molecule has 1 aromatic heterocycles. The Labute approximate surface area is 180 Å².